The van der Waals surface area contributed by atoms with E-state index in [1.807, 2.05) is 0 Å². The van der Waals surface area contributed by atoms with Crippen LogP contribution in [0.1, 0.15) is 51.5 Å². The zero-order valence-electron chi connectivity index (χ0n) is 14.6. The maximum Gasteiger partial charge on any atom is 0.416 e. The van der Waals surface area contributed by atoms with Crippen LogP contribution in [-0.4, -0.2) is 29.1 Å². The Balaban J connectivity index is 1.73. The highest BCUT2D eigenvalue weighted by Gasteiger charge is 2.34. The number of nitrogens with two attached hydrogens (primary N) is 1. The van der Waals surface area contributed by atoms with Gasteiger partial charge < -0.3 is 15.2 Å². The number of nitrogen functional groups attached to an aromatic ring is 1. The Labute approximate surface area is 148 Å². The first kappa shape index (κ1) is 18.3. The standard InChI is InChI=1S/C18H20F3N3O2/c1-10-8-14(18(19,20)21)11(2)7-13(10)17(25)24-5-3-12(4-6-24)15-9-16(22)26-23-15/h7-9,12H,3-6,22H2,1-2H3. The van der Waals surface area contributed by atoms with Gasteiger partial charge in [-0.25, -0.2) is 0 Å². The molecule has 0 radical (unpaired) electrons. The predicted molar refractivity (Wildman–Crippen MR) is 89.7 cm³/mol. The van der Waals surface area contributed by atoms with Gasteiger partial charge in [0.05, 0.1) is 11.3 Å². The summed E-state index contributed by atoms with van der Waals surface area (Å²) >= 11 is 0. The average Bonchev–Trinajstić information content (AvgIpc) is 3.01. The van der Waals surface area contributed by atoms with Gasteiger partial charge in [0.15, 0.2) is 0 Å². The van der Waals surface area contributed by atoms with Gasteiger partial charge in [0.2, 0.25) is 5.88 Å². The van der Waals surface area contributed by atoms with E-state index in [9.17, 15) is 18.0 Å². The summed E-state index contributed by atoms with van der Waals surface area (Å²) in [5.74, 6) is 0.183. The highest BCUT2D eigenvalue weighted by molar-refractivity contribution is 5.96. The third-order valence-corrected chi connectivity index (χ3v) is 4.85. The Morgan fingerprint density at radius 2 is 1.85 bits per heavy atom. The number of benzene rings is 1. The lowest BCUT2D eigenvalue weighted by molar-refractivity contribution is -0.138. The average molecular weight is 367 g/mol. The van der Waals surface area contributed by atoms with Crippen LogP contribution in [0.25, 0.3) is 0 Å². The molecule has 140 valence electrons. The van der Waals surface area contributed by atoms with Crippen LogP contribution in [0.2, 0.25) is 0 Å². The fraction of sp³-hybridized carbons (Fsp3) is 0.444. The number of piperidine rings is 1. The van der Waals surface area contributed by atoms with Crippen LogP contribution in [0.3, 0.4) is 0 Å². The number of aromatic nitrogens is 1. The smallest absolute Gasteiger partial charge is 0.368 e. The molecular weight excluding hydrogens is 347 g/mol. The fourth-order valence-electron chi connectivity index (χ4n) is 3.40. The van der Waals surface area contributed by atoms with Gasteiger partial charge in [-0.2, -0.15) is 13.2 Å². The van der Waals surface area contributed by atoms with Crippen molar-refractivity contribution in [2.45, 2.75) is 38.8 Å². The maximum atomic E-state index is 13.0. The van der Waals surface area contributed by atoms with E-state index < -0.39 is 11.7 Å². The zero-order chi connectivity index (χ0) is 19.1. The van der Waals surface area contributed by atoms with Gasteiger partial charge in [0, 0.05) is 30.6 Å². The topological polar surface area (TPSA) is 72.4 Å². The van der Waals surface area contributed by atoms with Gasteiger partial charge in [0.25, 0.3) is 5.91 Å². The summed E-state index contributed by atoms with van der Waals surface area (Å²) in [6.07, 6.45) is -3.01. The molecule has 8 heteroatoms. The van der Waals surface area contributed by atoms with E-state index in [1.54, 1.807) is 11.0 Å². The van der Waals surface area contributed by atoms with Crippen LogP contribution in [0.4, 0.5) is 19.1 Å². The molecule has 2 aromatic rings. The predicted octanol–water partition coefficient (Wildman–Crippen LogP) is 3.91. The molecule has 1 aliphatic heterocycles. The van der Waals surface area contributed by atoms with E-state index in [0.717, 1.165) is 11.8 Å². The molecule has 1 aliphatic rings. The van der Waals surface area contributed by atoms with Crippen molar-refractivity contribution in [3.8, 4) is 0 Å². The molecule has 1 aromatic carbocycles. The third-order valence-electron chi connectivity index (χ3n) is 4.85. The highest BCUT2D eigenvalue weighted by atomic mass is 19.4. The van der Waals surface area contributed by atoms with Gasteiger partial charge >= 0.3 is 6.18 Å². The van der Waals surface area contributed by atoms with Crippen molar-refractivity contribution in [1.29, 1.82) is 0 Å². The number of carbonyl (C=O) groups is 1. The molecule has 0 unspecified atom stereocenters. The Hall–Kier alpha value is -2.51. The molecule has 1 saturated heterocycles. The summed E-state index contributed by atoms with van der Waals surface area (Å²) in [5.41, 5.74) is 6.32. The van der Waals surface area contributed by atoms with Crippen molar-refractivity contribution in [2.75, 3.05) is 18.8 Å². The number of alkyl halides is 3. The Bertz CT molecular complexity index is 822. The molecule has 1 amide bonds. The molecule has 1 fully saturated rings. The number of likely N-dealkylation sites (tertiary alicyclic amines) is 1. The lowest BCUT2D eigenvalue weighted by atomic mass is 9.92. The van der Waals surface area contributed by atoms with Crippen molar-refractivity contribution >= 4 is 11.8 Å². The van der Waals surface area contributed by atoms with E-state index in [2.05, 4.69) is 5.16 Å². The maximum absolute atomic E-state index is 13.0. The third kappa shape index (κ3) is 3.54. The lowest BCUT2D eigenvalue weighted by Gasteiger charge is -2.31. The van der Waals surface area contributed by atoms with Crippen LogP contribution in [0, 0.1) is 13.8 Å². The van der Waals surface area contributed by atoms with Crippen LogP contribution < -0.4 is 5.73 Å². The van der Waals surface area contributed by atoms with Crippen molar-refractivity contribution in [1.82, 2.24) is 10.1 Å². The van der Waals surface area contributed by atoms with E-state index in [0.29, 0.717) is 37.1 Å². The molecule has 0 atom stereocenters. The van der Waals surface area contributed by atoms with Gasteiger partial charge in [0.1, 0.15) is 0 Å². The van der Waals surface area contributed by atoms with Gasteiger partial charge in [-0.05, 0) is 49.9 Å². The molecule has 1 aromatic heterocycles. The first-order chi connectivity index (χ1) is 12.2. The molecule has 2 N–H and O–H groups in total. The number of halogens is 3. The minimum atomic E-state index is -4.42. The molecule has 2 heterocycles. The molecule has 0 saturated carbocycles. The van der Waals surface area contributed by atoms with E-state index in [-0.39, 0.29) is 23.3 Å². The van der Waals surface area contributed by atoms with Gasteiger partial charge in [-0.15, -0.1) is 0 Å². The quantitative estimate of drug-likeness (QED) is 0.873. The molecular formula is C18H20F3N3O2. The summed E-state index contributed by atoms with van der Waals surface area (Å²) in [5, 5.41) is 3.92. The molecule has 3 rings (SSSR count). The second kappa shape index (κ2) is 6.66. The number of rotatable bonds is 2. The minimum Gasteiger partial charge on any atom is -0.368 e. The normalized spacial score (nSPS) is 16.1. The highest BCUT2D eigenvalue weighted by Crippen LogP contribution is 2.34. The number of anilines is 1. The molecule has 0 bridgehead atoms. The number of amides is 1. The van der Waals surface area contributed by atoms with Crippen LogP contribution in [0.15, 0.2) is 22.7 Å². The number of carbonyl (C=O) groups excluding carboxylic acids is 1. The molecule has 0 aliphatic carbocycles. The molecule has 26 heavy (non-hydrogen) atoms. The van der Waals surface area contributed by atoms with Crippen LogP contribution >= 0.6 is 0 Å². The Morgan fingerprint density at radius 3 is 2.38 bits per heavy atom. The number of aryl methyl sites for hydroxylation is 2. The van der Waals surface area contributed by atoms with Gasteiger partial charge in [-0.1, -0.05) is 5.16 Å². The first-order valence-electron chi connectivity index (χ1n) is 8.36. The summed E-state index contributed by atoms with van der Waals surface area (Å²) in [7, 11) is 0. The van der Waals surface area contributed by atoms with Crippen molar-refractivity contribution in [3.05, 3.63) is 46.1 Å². The number of hydrogen-bond acceptors (Lipinski definition) is 4. The van der Waals surface area contributed by atoms with E-state index in [1.165, 1.54) is 19.9 Å². The summed E-state index contributed by atoms with van der Waals surface area (Å²) < 4.78 is 43.9. The molecule has 5 nitrogen and oxygen atoms in total. The zero-order valence-corrected chi connectivity index (χ0v) is 14.6. The lowest BCUT2D eigenvalue weighted by Crippen LogP contribution is -2.38. The second-order valence-electron chi connectivity index (χ2n) is 6.70. The minimum absolute atomic E-state index is 0.0550. The van der Waals surface area contributed by atoms with E-state index >= 15 is 0 Å². The number of nitrogens with zero attached hydrogens (tertiary/aromatic N) is 2. The fourth-order valence-corrected chi connectivity index (χ4v) is 3.40. The monoisotopic (exact) mass is 367 g/mol. The molecule has 0 spiro atoms. The van der Waals surface area contributed by atoms with E-state index in [4.69, 9.17) is 10.3 Å². The Kier molecular flexibility index (Phi) is 4.68. The van der Waals surface area contributed by atoms with Crippen LogP contribution in [-0.2, 0) is 6.18 Å². The Morgan fingerprint density at radius 1 is 1.19 bits per heavy atom. The number of hydrogen-bond donors (Lipinski definition) is 1. The van der Waals surface area contributed by atoms with Crippen molar-refractivity contribution in [3.63, 3.8) is 0 Å². The van der Waals surface area contributed by atoms with Gasteiger partial charge in [-0.3, -0.25) is 4.79 Å². The summed E-state index contributed by atoms with van der Waals surface area (Å²) in [4.78, 5) is 14.4. The largest absolute Gasteiger partial charge is 0.416 e. The van der Waals surface area contributed by atoms with Crippen molar-refractivity contribution < 1.29 is 22.5 Å². The summed E-state index contributed by atoms with van der Waals surface area (Å²) in [6.45, 7) is 3.93. The second-order valence-corrected chi connectivity index (χ2v) is 6.70. The first-order valence-corrected chi connectivity index (χ1v) is 8.36. The van der Waals surface area contributed by atoms with Crippen molar-refractivity contribution in [2.24, 2.45) is 0 Å². The SMILES string of the molecule is Cc1cc(C(F)(F)F)c(C)cc1C(=O)N1CCC(c2cc(N)on2)CC1. The van der Waals surface area contributed by atoms with Crippen LogP contribution in [0.5, 0.6) is 0 Å². The summed E-state index contributed by atoms with van der Waals surface area (Å²) in [6, 6.07) is 4.07.